The molecule has 0 aliphatic carbocycles. The highest BCUT2D eigenvalue weighted by Crippen LogP contribution is 2.25. The van der Waals surface area contributed by atoms with Crippen LogP contribution in [0.1, 0.15) is 5.69 Å². The summed E-state index contributed by atoms with van der Waals surface area (Å²) >= 11 is 5.92. The van der Waals surface area contributed by atoms with Crippen molar-refractivity contribution in [3.8, 4) is 16.9 Å². The molecule has 3 nitrogen and oxygen atoms in total. The zero-order valence-corrected chi connectivity index (χ0v) is 11.5. The number of aromatic nitrogens is 3. The Balaban J connectivity index is 2.18. The van der Waals surface area contributed by atoms with E-state index in [2.05, 4.69) is 10.1 Å². The fraction of sp³-hybridized carbons (Fsp3) is 0.0667. The molecule has 0 unspecified atom stereocenters. The zero-order chi connectivity index (χ0) is 14.1. The third-order valence-electron chi connectivity index (χ3n) is 2.91. The predicted molar refractivity (Wildman–Crippen MR) is 76.5 cm³/mol. The van der Waals surface area contributed by atoms with E-state index >= 15 is 0 Å². The molecule has 0 bridgehead atoms. The molecule has 1 aromatic carbocycles. The molecule has 5 heteroatoms. The normalized spacial score (nSPS) is 10.8. The van der Waals surface area contributed by atoms with Crippen LogP contribution < -0.4 is 0 Å². The van der Waals surface area contributed by atoms with Gasteiger partial charge < -0.3 is 0 Å². The molecule has 3 aromatic rings. The molecule has 20 heavy (non-hydrogen) atoms. The Hall–Kier alpha value is -2.20. The summed E-state index contributed by atoms with van der Waals surface area (Å²) in [5.74, 6) is -0.297. The highest BCUT2D eigenvalue weighted by molar-refractivity contribution is 6.29. The first-order valence-electron chi connectivity index (χ1n) is 6.08. The van der Waals surface area contributed by atoms with Gasteiger partial charge in [0.1, 0.15) is 11.0 Å². The number of benzene rings is 1. The van der Waals surface area contributed by atoms with Crippen molar-refractivity contribution in [1.29, 1.82) is 0 Å². The van der Waals surface area contributed by atoms with Gasteiger partial charge in [0.05, 0.1) is 17.1 Å². The summed E-state index contributed by atoms with van der Waals surface area (Å²) in [7, 11) is 0. The van der Waals surface area contributed by atoms with Gasteiger partial charge in [-0.1, -0.05) is 17.7 Å². The second kappa shape index (κ2) is 5.06. The highest BCUT2D eigenvalue weighted by atomic mass is 35.5. The van der Waals surface area contributed by atoms with Crippen molar-refractivity contribution in [3.63, 3.8) is 0 Å². The van der Waals surface area contributed by atoms with Crippen LogP contribution in [-0.4, -0.2) is 14.8 Å². The Kier molecular flexibility index (Phi) is 3.24. The van der Waals surface area contributed by atoms with E-state index in [1.165, 1.54) is 12.1 Å². The number of pyridine rings is 1. The minimum absolute atomic E-state index is 0.297. The van der Waals surface area contributed by atoms with Gasteiger partial charge in [0.25, 0.3) is 0 Å². The molecule has 0 aliphatic heterocycles. The van der Waals surface area contributed by atoms with E-state index in [-0.39, 0.29) is 5.82 Å². The van der Waals surface area contributed by atoms with Crippen LogP contribution in [0.4, 0.5) is 4.39 Å². The van der Waals surface area contributed by atoms with Crippen LogP contribution in [-0.2, 0) is 0 Å². The molecule has 2 aromatic heterocycles. The van der Waals surface area contributed by atoms with Gasteiger partial charge in [-0.2, -0.15) is 5.10 Å². The van der Waals surface area contributed by atoms with E-state index in [9.17, 15) is 4.39 Å². The predicted octanol–water partition coefficient (Wildman–Crippen LogP) is 4.04. The summed E-state index contributed by atoms with van der Waals surface area (Å²) in [6.07, 6.45) is 1.63. The molecule has 0 fully saturated rings. The topological polar surface area (TPSA) is 30.7 Å². The van der Waals surface area contributed by atoms with Crippen LogP contribution in [0.2, 0.25) is 5.15 Å². The molecule has 0 saturated heterocycles. The van der Waals surface area contributed by atoms with Gasteiger partial charge >= 0.3 is 0 Å². The molecule has 0 atom stereocenters. The fourth-order valence-corrected chi connectivity index (χ4v) is 2.25. The summed E-state index contributed by atoms with van der Waals surface area (Å²) in [5, 5.41) is 4.82. The van der Waals surface area contributed by atoms with Crippen molar-refractivity contribution in [2.45, 2.75) is 6.92 Å². The SMILES string of the molecule is Cc1cc(-c2ccnc(Cl)c2)n(-c2cccc(F)c2)n1. The third-order valence-corrected chi connectivity index (χ3v) is 3.11. The first kappa shape index (κ1) is 12.8. The molecule has 3 rings (SSSR count). The molecule has 0 spiro atoms. The van der Waals surface area contributed by atoms with E-state index in [0.29, 0.717) is 10.8 Å². The monoisotopic (exact) mass is 287 g/mol. The van der Waals surface area contributed by atoms with Crippen LogP contribution in [0.25, 0.3) is 16.9 Å². The zero-order valence-electron chi connectivity index (χ0n) is 10.7. The van der Waals surface area contributed by atoms with Crippen molar-refractivity contribution in [2.24, 2.45) is 0 Å². The summed E-state index contributed by atoms with van der Waals surface area (Å²) < 4.78 is 15.1. The number of rotatable bonds is 2. The molecule has 0 radical (unpaired) electrons. The molecule has 100 valence electrons. The van der Waals surface area contributed by atoms with E-state index < -0.39 is 0 Å². The van der Waals surface area contributed by atoms with Gasteiger partial charge in [0.2, 0.25) is 0 Å². The number of hydrogen-bond acceptors (Lipinski definition) is 2. The lowest BCUT2D eigenvalue weighted by molar-refractivity contribution is 0.625. The summed E-state index contributed by atoms with van der Waals surface area (Å²) in [6, 6.07) is 11.8. The van der Waals surface area contributed by atoms with Crippen molar-refractivity contribution in [1.82, 2.24) is 14.8 Å². The largest absolute Gasteiger partial charge is 0.245 e. The van der Waals surface area contributed by atoms with Crippen LogP contribution in [0.3, 0.4) is 0 Å². The quantitative estimate of drug-likeness (QED) is 0.666. The first-order chi connectivity index (χ1) is 9.63. The van der Waals surface area contributed by atoms with E-state index in [1.807, 2.05) is 25.1 Å². The average molecular weight is 288 g/mol. The molecule has 0 aliphatic rings. The van der Waals surface area contributed by atoms with Gasteiger partial charge in [-0.25, -0.2) is 14.1 Å². The van der Waals surface area contributed by atoms with Gasteiger partial charge in [-0.15, -0.1) is 0 Å². The molecule has 2 heterocycles. The lowest BCUT2D eigenvalue weighted by Gasteiger charge is -2.07. The lowest BCUT2D eigenvalue weighted by Crippen LogP contribution is -1.99. The minimum Gasteiger partial charge on any atom is -0.245 e. The maximum Gasteiger partial charge on any atom is 0.129 e. The third kappa shape index (κ3) is 2.42. The van der Waals surface area contributed by atoms with Crippen molar-refractivity contribution >= 4 is 11.6 Å². The number of hydrogen-bond donors (Lipinski definition) is 0. The van der Waals surface area contributed by atoms with Crippen LogP contribution in [0.15, 0.2) is 48.7 Å². The van der Waals surface area contributed by atoms with E-state index in [4.69, 9.17) is 11.6 Å². The minimum atomic E-state index is -0.297. The summed E-state index contributed by atoms with van der Waals surface area (Å²) in [6.45, 7) is 1.89. The second-order valence-corrected chi connectivity index (χ2v) is 4.82. The lowest BCUT2D eigenvalue weighted by atomic mass is 10.2. The molecule has 0 amide bonds. The fourth-order valence-electron chi connectivity index (χ4n) is 2.07. The standard InChI is InChI=1S/C15H11ClFN3/c1-10-7-14(11-5-6-18-15(16)8-11)20(19-10)13-4-2-3-12(17)9-13/h2-9H,1H3. The summed E-state index contributed by atoms with van der Waals surface area (Å²) in [5.41, 5.74) is 3.24. The van der Waals surface area contributed by atoms with Gasteiger partial charge in [0, 0.05) is 11.8 Å². The number of aryl methyl sites for hydroxylation is 1. The number of halogens is 2. The Bertz CT molecular complexity index is 704. The maximum absolute atomic E-state index is 13.4. The van der Waals surface area contributed by atoms with Gasteiger partial charge in [0.15, 0.2) is 0 Å². The van der Waals surface area contributed by atoms with Crippen LogP contribution in [0.5, 0.6) is 0 Å². The molecule has 0 N–H and O–H groups in total. The van der Waals surface area contributed by atoms with Gasteiger partial charge in [-0.3, -0.25) is 0 Å². The number of nitrogens with zero attached hydrogens (tertiary/aromatic N) is 3. The smallest absolute Gasteiger partial charge is 0.129 e. The van der Waals surface area contributed by atoms with Crippen molar-refractivity contribution < 1.29 is 4.39 Å². The highest BCUT2D eigenvalue weighted by Gasteiger charge is 2.11. The Morgan fingerprint density at radius 1 is 1.15 bits per heavy atom. The van der Waals surface area contributed by atoms with E-state index in [1.54, 1.807) is 23.0 Å². The van der Waals surface area contributed by atoms with Crippen molar-refractivity contribution in [2.75, 3.05) is 0 Å². The van der Waals surface area contributed by atoms with E-state index in [0.717, 1.165) is 17.0 Å². The Morgan fingerprint density at radius 3 is 2.75 bits per heavy atom. The molecular formula is C15H11ClFN3. The second-order valence-electron chi connectivity index (χ2n) is 4.43. The average Bonchev–Trinajstić information content (AvgIpc) is 2.81. The Labute approximate surface area is 120 Å². The summed E-state index contributed by atoms with van der Waals surface area (Å²) in [4.78, 5) is 3.96. The maximum atomic E-state index is 13.4. The first-order valence-corrected chi connectivity index (χ1v) is 6.46. The van der Waals surface area contributed by atoms with Crippen LogP contribution in [0, 0.1) is 12.7 Å². The van der Waals surface area contributed by atoms with Crippen molar-refractivity contribution in [3.05, 3.63) is 65.3 Å². The van der Waals surface area contributed by atoms with Crippen LogP contribution >= 0.6 is 11.6 Å². The molecule has 0 saturated carbocycles. The Morgan fingerprint density at radius 2 is 2.00 bits per heavy atom. The molecular weight excluding hydrogens is 277 g/mol. The van der Waals surface area contributed by atoms with Gasteiger partial charge in [-0.05, 0) is 43.3 Å².